The van der Waals surface area contributed by atoms with E-state index in [1.165, 1.54) is 6.20 Å². The number of hydrogen-bond acceptors (Lipinski definition) is 7. The van der Waals surface area contributed by atoms with Crippen LogP contribution in [0.15, 0.2) is 24.5 Å². The molecule has 0 radical (unpaired) electrons. The largest absolute Gasteiger partial charge is 0.490 e. The summed E-state index contributed by atoms with van der Waals surface area (Å²) in [5.41, 5.74) is 0.506. The van der Waals surface area contributed by atoms with E-state index in [1.807, 2.05) is 15.9 Å². The van der Waals surface area contributed by atoms with Crippen molar-refractivity contribution < 1.29 is 33.0 Å². The van der Waals surface area contributed by atoms with Gasteiger partial charge in [0.1, 0.15) is 6.07 Å². The van der Waals surface area contributed by atoms with Gasteiger partial charge in [-0.05, 0) is 0 Å². The second kappa shape index (κ2) is 9.48. The number of aromatic nitrogens is 2. The molecule has 0 atom stereocenters. The average Bonchev–Trinajstić information content (AvgIpc) is 2.62. The fraction of sp³-hybridized carbons (Fsp3) is 0.400. The molecule has 1 aromatic heterocycles. The zero-order chi connectivity index (χ0) is 20.6. The van der Waals surface area contributed by atoms with Crippen LogP contribution in [-0.4, -0.2) is 75.9 Å². The molecule has 0 aliphatic carbocycles. The Labute approximate surface area is 152 Å². The van der Waals surface area contributed by atoms with Crippen molar-refractivity contribution in [2.24, 2.45) is 0 Å². The Morgan fingerprint density at radius 3 is 2.15 bits per heavy atom. The molecular formula is C15H16F3N5O4. The summed E-state index contributed by atoms with van der Waals surface area (Å²) in [5.74, 6) is -3.13. The van der Waals surface area contributed by atoms with E-state index in [1.54, 1.807) is 6.20 Å². The van der Waals surface area contributed by atoms with Crippen LogP contribution >= 0.6 is 0 Å². The lowest BCUT2D eigenvalue weighted by Gasteiger charge is -2.35. The Hall–Kier alpha value is -3.20. The van der Waals surface area contributed by atoms with Crippen molar-refractivity contribution in [1.82, 2.24) is 14.9 Å². The van der Waals surface area contributed by atoms with E-state index in [4.69, 9.17) is 20.3 Å². The molecule has 0 bridgehead atoms. The summed E-state index contributed by atoms with van der Waals surface area (Å²) in [7, 11) is 0. The fourth-order valence-electron chi connectivity index (χ4n) is 2.10. The van der Waals surface area contributed by atoms with Gasteiger partial charge in [-0.1, -0.05) is 6.58 Å². The van der Waals surface area contributed by atoms with E-state index in [0.717, 1.165) is 0 Å². The highest BCUT2D eigenvalue weighted by atomic mass is 19.4. The molecule has 0 amide bonds. The number of alkyl halides is 3. The van der Waals surface area contributed by atoms with E-state index < -0.39 is 18.1 Å². The lowest BCUT2D eigenvalue weighted by Crippen LogP contribution is -2.47. The van der Waals surface area contributed by atoms with Crippen LogP contribution in [0, 0.1) is 11.3 Å². The normalized spacial score (nSPS) is 14.5. The summed E-state index contributed by atoms with van der Waals surface area (Å²) >= 11 is 0. The van der Waals surface area contributed by atoms with Gasteiger partial charge < -0.3 is 15.1 Å². The highest BCUT2D eigenvalue weighted by molar-refractivity contribution is 5.86. The Balaban J connectivity index is 0.000000445. The zero-order valence-corrected chi connectivity index (χ0v) is 14.0. The van der Waals surface area contributed by atoms with Crippen molar-refractivity contribution in [2.75, 3.05) is 37.6 Å². The molecular weight excluding hydrogens is 371 g/mol. The van der Waals surface area contributed by atoms with Gasteiger partial charge in [-0.15, -0.1) is 0 Å². The van der Waals surface area contributed by atoms with Crippen LogP contribution < -0.4 is 4.90 Å². The lowest BCUT2D eigenvalue weighted by molar-refractivity contribution is -0.192. The molecule has 1 saturated heterocycles. The summed E-state index contributed by atoms with van der Waals surface area (Å²) in [6.45, 7) is 6.65. The molecule has 2 N–H and O–H groups in total. The molecule has 27 heavy (non-hydrogen) atoms. The molecule has 0 aromatic carbocycles. The molecule has 1 aliphatic heterocycles. The van der Waals surface area contributed by atoms with Gasteiger partial charge in [0.05, 0.1) is 0 Å². The second-order valence-electron chi connectivity index (χ2n) is 5.32. The zero-order valence-electron chi connectivity index (χ0n) is 14.0. The topological polar surface area (TPSA) is 131 Å². The van der Waals surface area contributed by atoms with E-state index in [9.17, 15) is 18.0 Å². The molecule has 146 valence electrons. The van der Waals surface area contributed by atoms with Gasteiger partial charge in [-0.2, -0.15) is 18.4 Å². The summed E-state index contributed by atoms with van der Waals surface area (Å²) in [4.78, 5) is 31.9. The summed E-state index contributed by atoms with van der Waals surface area (Å²) in [5, 5.41) is 25.0. The Morgan fingerprint density at radius 2 is 1.70 bits per heavy atom. The van der Waals surface area contributed by atoms with Crippen LogP contribution in [0.25, 0.3) is 0 Å². The minimum absolute atomic E-state index is 0.190. The van der Waals surface area contributed by atoms with Gasteiger partial charge in [0.15, 0.2) is 11.5 Å². The van der Waals surface area contributed by atoms with Crippen LogP contribution in [0.5, 0.6) is 0 Å². The SMILES string of the molecule is C=C(CN1CCN(c2nccnc2C#N)CC1)C(=O)O.O=C(O)C(F)(F)F. The first-order valence-corrected chi connectivity index (χ1v) is 7.45. The Kier molecular flexibility index (Phi) is 7.67. The maximum absolute atomic E-state index is 10.8. The number of nitriles is 1. The summed E-state index contributed by atoms with van der Waals surface area (Å²) in [6, 6.07) is 2.03. The molecule has 2 rings (SSSR count). The number of anilines is 1. The molecule has 0 unspecified atom stereocenters. The maximum atomic E-state index is 10.8. The highest BCUT2D eigenvalue weighted by Crippen LogP contribution is 2.16. The number of hydrogen-bond donors (Lipinski definition) is 2. The van der Waals surface area contributed by atoms with E-state index >= 15 is 0 Å². The van der Waals surface area contributed by atoms with Crippen molar-refractivity contribution in [2.45, 2.75) is 6.18 Å². The summed E-state index contributed by atoms with van der Waals surface area (Å²) in [6.07, 6.45) is -2.02. The number of carboxylic acid groups (broad SMARTS) is 2. The minimum Gasteiger partial charge on any atom is -0.478 e. The number of aliphatic carboxylic acids is 2. The van der Waals surface area contributed by atoms with Gasteiger partial charge in [0.2, 0.25) is 0 Å². The third kappa shape index (κ3) is 6.90. The van der Waals surface area contributed by atoms with Gasteiger partial charge >= 0.3 is 18.1 Å². The van der Waals surface area contributed by atoms with Crippen LogP contribution in [0.3, 0.4) is 0 Å². The van der Waals surface area contributed by atoms with E-state index in [0.29, 0.717) is 44.2 Å². The number of halogens is 3. The monoisotopic (exact) mass is 387 g/mol. The first-order chi connectivity index (χ1) is 12.6. The van der Waals surface area contributed by atoms with Crippen molar-refractivity contribution in [3.05, 3.63) is 30.2 Å². The van der Waals surface area contributed by atoms with Gasteiger partial charge in [0.25, 0.3) is 0 Å². The molecule has 12 heteroatoms. The average molecular weight is 387 g/mol. The molecule has 1 fully saturated rings. The van der Waals surface area contributed by atoms with Gasteiger partial charge in [-0.25, -0.2) is 19.6 Å². The Bertz CT molecular complexity index is 740. The van der Waals surface area contributed by atoms with Crippen LogP contribution in [0.1, 0.15) is 5.69 Å². The molecule has 1 aliphatic rings. The van der Waals surface area contributed by atoms with Crippen molar-refractivity contribution in [1.29, 1.82) is 5.26 Å². The summed E-state index contributed by atoms with van der Waals surface area (Å²) < 4.78 is 31.7. The number of piperazine rings is 1. The molecule has 0 spiro atoms. The second-order valence-corrected chi connectivity index (χ2v) is 5.32. The third-order valence-electron chi connectivity index (χ3n) is 3.42. The first-order valence-electron chi connectivity index (χ1n) is 7.45. The number of carboxylic acids is 2. The highest BCUT2D eigenvalue weighted by Gasteiger charge is 2.38. The third-order valence-corrected chi connectivity index (χ3v) is 3.42. The van der Waals surface area contributed by atoms with Crippen molar-refractivity contribution >= 4 is 17.8 Å². The predicted molar refractivity (Wildman–Crippen MR) is 85.9 cm³/mol. The predicted octanol–water partition coefficient (Wildman–Crippen LogP) is 0.744. The Morgan fingerprint density at radius 1 is 1.19 bits per heavy atom. The van der Waals surface area contributed by atoms with Crippen molar-refractivity contribution in [3.63, 3.8) is 0 Å². The van der Waals surface area contributed by atoms with E-state index in [2.05, 4.69) is 16.5 Å². The molecule has 1 aromatic rings. The maximum Gasteiger partial charge on any atom is 0.490 e. The standard InChI is InChI=1S/C13H15N5O2.C2HF3O2/c1-10(13(19)20)9-17-4-6-18(7-5-17)12-11(8-14)15-2-3-16-12;3-2(4,5)1(6)7/h2-3H,1,4-7,9H2,(H,19,20);(H,6,7). The minimum atomic E-state index is -5.08. The number of nitrogens with zero attached hydrogens (tertiary/aromatic N) is 5. The van der Waals surface area contributed by atoms with Crippen LogP contribution in [0.4, 0.5) is 19.0 Å². The lowest BCUT2D eigenvalue weighted by atomic mass is 10.2. The van der Waals surface area contributed by atoms with Gasteiger partial charge in [0, 0.05) is 50.7 Å². The van der Waals surface area contributed by atoms with Crippen molar-refractivity contribution in [3.8, 4) is 6.07 Å². The van der Waals surface area contributed by atoms with Gasteiger partial charge in [-0.3, -0.25) is 4.90 Å². The molecule has 2 heterocycles. The van der Waals surface area contributed by atoms with Crippen LogP contribution in [-0.2, 0) is 9.59 Å². The quantitative estimate of drug-likeness (QED) is 0.718. The fourth-order valence-corrected chi connectivity index (χ4v) is 2.10. The smallest absolute Gasteiger partial charge is 0.478 e. The van der Waals surface area contributed by atoms with Crippen LogP contribution in [0.2, 0.25) is 0 Å². The molecule has 9 nitrogen and oxygen atoms in total. The molecule has 0 saturated carbocycles. The number of rotatable bonds is 4. The number of carbonyl (C=O) groups is 2. The van der Waals surface area contributed by atoms with E-state index in [-0.39, 0.29) is 5.57 Å². The first kappa shape index (κ1) is 21.8.